The van der Waals surface area contributed by atoms with E-state index >= 15 is 0 Å². The van der Waals surface area contributed by atoms with Gasteiger partial charge in [0.1, 0.15) is 0 Å². The molecule has 0 radical (unpaired) electrons. The first-order valence-corrected chi connectivity index (χ1v) is 8.32. The first-order valence-electron chi connectivity index (χ1n) is 8.32. The third-order valence-electron chi connectivity index (χ3n) is 4.07. The Morgan fingerprint density at radius 2 is 1.58 bits per heavy atom. The highest BCUT2D eigenvalue weighted by atomic mass is 16.5. The molecule has 2 rings (SSSR count). The Morgan fingerprint density at radius 1 is 0.923 bits per heavy atom. The standard InChI is InChI=1S/C20H24N2O4/c1-13-6-5-7-14(2)18(13)22-20(24)19(23)21-11-10-15-8-9-16(25-3)17(12-15)26-4/h5-9,12H,10-11H2,1-4H3,(H,21,23)(H,22,24). The van der Waals surface area contributed by atoms with E-state index in [0.29, 0.717) is 30.2 Å². The van der Waals surface area contributed by atoms with Gasteiger partial charge in [-0.3, -0.25) is 9.59 Å². The summed E-state index contributed by atoms with van der Waals surface area (Å²) in [6.45, 7) is 4.11. The van der Waals surface area contributed by atoms with Gasteiger partial charge in [0.25, 0.3) is 0 Å². The summed E-state index contributed by atoms with van der Waals surface area (Å²) in [4.78, 5) is 24.1. The van der Waals surface area contributed by atoms with Crippen LogP contribution in [0.2, 0.25) is 0 Å². The van der Waals surface area contributed by atoms with Gasteiger partial charge >= 0.3 is 11.8 Å². The molecule has 0 spiro atoms. The largest absolute Gasteiger partial charge is 0.493 e. The molecule has 26 heavy (non-hydrogen) atoms. The summed E-state index contributed by atoms with van der Waals surface area (Å²) < 4.78 is 10.4. The van der Waals surface area contributed by atoms with E-state index < -0.39 is 11.8 Å². The molecule has 6 heteroatoms. The number of hydrogen-bond donors (Lipinski definition) is 2. The molecule has 0 saturated heterocycles. The number of anilines is 1. The molecule has 2 amide bonds. The average Bonchev–Trinajstić information content (AvgIpc) is 2.64. The maximum atomic E-state index is 12.1. The van der Waals surface area contributed by atoms with Crippen molar-refractivity contribution in [3.8, 4) is 11.5 Å². The number of benzene rings is 2. The van der Waals surface area contributed by atoms with Crippen molar-refractivity contribution >= 4 is 17.5 Å². The van der Waals surface area contributed by atoms with Gasteiger partial charge in [0, 0.05) is 12.2 Å². The number of rotatable bonds is 6. The van der Waals surface area contributed by atoms with Gasteiger partial charge in [-0.15, -0.1) is 0 Å². The lowest BCUT2D eigenvalue weighted by Crippen LogP contribution is -2.36. The number of amides is 2. The van der Waals surface area contributed by atoms with Crippen LogP contribution in [0.15, 0.2) is 36.4 Å². The first kappa shape index (κ1) is 19.3. The molecule has 0 aliphatic rings. The van der Waals surface area contributed by atoms with Crippen LogP contribution in [0.25, 0.3) is 0 Å². The van der Waals surface area contributed by atoms with E-state index in [2.05, 4.69) is 10.6 Å². The van der Waals surface area contributed by atoms with Gasteiger partial charge in [-0.2, -0.15) is 0 Å². The lowest BCUT2D eigenvalue weighted by Gasteiger charge is -2.12. The number of carbonyl (C=O) groups excluding carboxylic acids is 2. The molecule has 6 nitrogen and oxygen atoms in total. The lowest BCUT2D eigenvalue weighted by molar-refractivity contribution is -0.136. The van der Waals surface area contributed by atoms with E-state index in [4.69, 9.17) is 9.47 Å². The topological polar surface area (TPSA) is 76.7 Å². The Balaban J connectivity index is 1.89. The molecular formula is C20H24N2O4. The molecule has 0 unspecified atom stereocenters. The smallest absolute Gasteiger partial charge is 0.313 e. The minimum absolute atomic E-state index is 0.342. The quantitative estimate of drug-likeness (QED) is 0.780. The summed E-state index contributed by atoms with van der Waals surface area (Å²) >= 11 is 0. The normalized spacial score (nSPS) is 10.2. The van der Waals surface area contributed by atoms with Crippen molar-refractivity contribution in [1.82, 2.24) is 5.32 Å². The maximum absolute atomic E-state index is 12.1. The third kappa shape index (κ3) is 4.75. The molecule has 0 fully saturated rings. The van der Waals surface area contributed by atoms with Gasteiger partial charge in [0.15, 0.2) is 11.5 Å². The minimum Gasteiger partial charge on any atom is -0.493 e. The summed E-state index contributed by atoms with van der Waals surface area (Å²) in [5.41, 5.74) is 3.47. The highest BCUT2D eigenvalue weighted by molar-refractivity contribution is 6.39. The van der Waals surface area contributed by atoms with Gasteiger partial charge in [0.2, 0.25) is 0 Å². The molecule has 2 aromatic carbocycles. The SMILES string of the molecule is COc1ccc(CCNC(=O)C(=O)Nc2c(C)cccc2C)cc1OC. The maximum Gasteiger partial charge on any atom is 0.313 e. The average molecular weight is 356 g/mol. The van der Waals surface area contributed by atoms with E-state index in [0.717, 1.165) is 16.7 Å². The summed E-state index contributed by atoms with van der Waals surface area (Å²) in [6, 6.07) is 11.2. The van der Waals surface area contributed by atoms with Crippen molar-refractivity contribution in [3.05, 3.63) is 53.1 Å². The van der Waals surface area contributed by atoms with E-state index in [-0.39, 0.29) is 0 Å². The molecule has 0 atom stereocenters. The Labute approximate surface area is 153 Å². The van der Waals surface area contributed by atoms with Crippen LogP contribution >= 0.6 is 0 Å². The second-order valence-electron chi connectivity index (χ2n) is 5.92. The number of ether oxygens (including phenoxy) is 2. The van der Waals surface area contributed by atoms with Crippen LogP contribution in [0, 0.1) is 13.8 Å². The van der Waals surface area contributed by atoms with Gasteiger partial charge in [-0.1, -0.05) is 24.3 Å². The van der Waals surface area contributed by atoms with Crippen molar-refractivity contribution in [2.45, 2.75) is 20.3 Å². The number of nitrogens with one attached hydrogen (secondary N) is 2. The van der Waals surface area contributed by atoms with Crippen molar-refractivity contribution < 1.29 is 19.1 Å². The van der Waals surface area contributed by atoms with Crippen LogP contribution in [-0.2, 0) is 16.0 Å². The molecule has 0 heterocycles. The van der Waals surface area contributed by atoms with E-state index in [1.54, 1.807) is 14.2 Å². The molecule has 138 valence electrons. The van der Waals surface area contributed by atoms with Gasteiger partial charge in [-0.25, -0.2) is 0 Å². The number of para-hydroxylation sites is 1. The van der Waals surface area contributed by atoms with Crippen LogP contribution < -0.4 is 20.1 Å². The Kier molecular flexibility index (Phi) is 6.60. The third-order valence-corrected chi connectivity index (χ3v) is 4.07. The predicted molar refractivity (Wildman–Crippen MR) is 101 cm³/mol. The zero-order chi connectivity index (χ0) is 19.1. The summed E-state index contributed by atoms with van der Waals surface area (Å²) in [5.74, 6) is -0.0554. The van der Waals surface area contributed by atoms with Crippen LogP contribution in [0.4, 0.5) is 5.69 Å². The highest BCUT2D eigenvalue weighted by Crippen LogP contribution is 2.27. The fraction of sp³-hybridized carbons (Fsp3) is 0.300. The van der Waals surface area contributed by atoms with Gasteiger partial charge < -0.3 is 20.1 Å². The lowest BCUT2D eigenvalue weighted by atomic mass is 10.1. The van der Waals surface area contributed by atoms with Gasteiger partial charge in [0.05, 0.1) is 14.2 Å². The Hall–Kier alpha value is -3.02. The molecule has 2 aromatic rings. The molecule has 0 aromatic heterocycles. The summed E-state index contributed by atoms with van der Waals surface area (Å²) in [6.07, 6.45) is 0.572. The minimum atomic E-state index is -0.672. The zero-order valence-corrected chi connectivity index (χ0v) is 15.5. The number of carbonyl (C=O) groups is 2. The van der Waals surface area contributed by atoms with Crippen molar-refractivity contribution in [3.63, 3.8) is 0 Å². The molecule has 2 N–H and O–H groups in total. The molecular weight excluding hydrogens is 332 g/mol. The Morgan fingerprint density at radius 3 is 2.19 bits per heavy atom. The van der Waals surface area contributed by atoms with Crippen LogP contribution in [0.1, 0.15) is 16.7 Å². The van der Waals surface area contributed by atoms with Crippen LogP contribution in [0.5, 0.6) is 11.5 Å². The van der Waals surface area contributed by atoms with E-state index in [9.17, 15) is 9.59 Å². The van der Waals surface area contributed by atoms with Crippen molar-refractivity contribution in [1.29, 1.82) is 0 Å². The first-order chi connectivity index (χ1) is 12.5. The monoisotopic (exact) mass is 356 g/mol. The van der Waals surface area contributed by atoms with Crippen molar-refractivity contribution in [2.75, 3.05) is 26.1 Å². The number of hydrogen-bond acceptors (Lipinski definition) is 4. The zero-order valence-electron chi connectivity index (χ0n) is 15.5. The molecule has 0 saturated carbocycles. The molecule has 0 aliphatic carbocycles. The predicted octanol–water partition coefficient (Wildman–Crippen LogP) is 2.62. The number of aryl methyl sites for hydroxylation is 2. The summed E-state index contributed by atoms with van der Waals surface area (Å²) in [5, 5.41) is 5.31. The fourth-order valence-electron chi connectivity index (χ4n) is 2.62. The van der Waals surface area contributed by atoms with Crippen LogP contribution in [0.3, 0.4) is 0 Å². The van der Waals surface area contributed by atoms with E-state index in [1.807, 2.05) is 50.2 Å². The molecule has 0 aliphatic heterocycles. The number of methoxy groups -OCH3 is 2. The highest BCUT2D eigenvalue weighted by Gasteiger charge is 2.15. The van der Waals surface area contributed by atoms with E-state index in [1.165, 1.54) is 0 Å². The van der Waals surface area contributed by atoms with Gasteiger partial charge in [-0.05, 0) is 49.1 Å². The second-order valence-corrected chi connectivity index (χ2v) is 5.92. The second kappa shape index (κ2) is 8.89. The van der Waals surface area contributed by atoms with Crippen LogP contribution in [-0.4, -0.2) is 32.6 Å². The Bertz CT molecular complexity index is 782. The van der Waals surface area contributed by atoms with Crippen molar-refractivity contribution in [2.24, 2.45) is 0 Å². The fourth-order valence-corrected chi connectivity index (χ4v) is 2.62. The summed E-state index contributed by atoms with van der Waals surface area (Å²) in [7, 11) is 3.15. The molecule has 0 bridgehead atoms.